The number of hydrogen-bond donors (Lipinski definition) is 1. The van der Waals surface area contributed by atoms with Gasteiger partial charge in [-0.3, -0.25) is 4.79 Å². The van der Waals surface area contributed by atoms with Crippen LogP contribution in [-0.2, 0) is 4.79 Å². The molecule has 3 saturated carbocycles. The first-order chi connectivity index (χ1) is 10.7. The first kappa shape index (κ1) is 17.5. The molecule has 1 amide bonds. The van der Waals surface area contributed by atoms with Gasteiger partial charge in [0.15, 0.2) is 0 Å². The highest BCUT2D eigenvalue weighted by Gasteiger charge is 2.45. The molecule has 5 fully saturated rings. The van der Waals surface area contributed by atoms with E-state index in [1.54, 1.807) is 0 Å². The van der Waals surface area contributed by atoms with Gasteiger partial charge in [-0.25, -0.2) is 0 Å². The Morgan fingerprint density at radius 1 is 0.957 bits per heavy atom. The van der Waals surface area contributed by atoms with Gasteiger partial charge in [-0.15, -0.1) is 12.4 Å². The van der Waals surface area contributed by atoms with Gasteiger partial charge in [0.2, 0.25) is 5.91 Å². The van der Waals surface area contributed by atoms with Gasteiger partial charge in [0.25, 0.3) is 0 Å². The number of rotatable bonds is 3. The Morgan fingerprint density at radius 3 is 2.17 bits per heavy atom. The lowest BCUT2D eigenvalue weighted by Crippen LogP contribution is -2.46. The van der Waals surface area contributed by atoms with Crippen LogP contribution in [0.5, 0.6) is 0 Å². The van der Waals surface area contributed by atoms with Crippen molar-refractivity contribution in [1.29, 1.82) is 0 Å². The molecule has 5 rings (SSSR count). The second-order valence-electron chi connectivity index (χ2n) is 8.92. The molecule has 0 aromatic rings. The van der Waals surface area contributed by atoms with Crippen LogP contribution in [0, 0.1) is 23.2 Å². The maximum absolute atomic E-state index is 13.1. The minimum absolute atomic E-state index is 0. The molecule has 0 aromatic heterocycles. The minimum atomic E-state index is 0. The Bertz CT molecular complexity index is 421. The summed E-state index contributed by atoms with van der Waals surface area (Å²) in [5, 5.41) is 0. The van der Waals surface area contributed by atoms with Crippen molar-refractivity contribution < 1.29 is 4.79 Å². The summed E-state index contributed by atoms with van der Waals surface area (Å²) in [5.74, 6) is 3.06. The lowest BCUT2D eigenvalue weighted by Gasteiger charge is -2.41. The molecule has 0 radical (unpaired) electrons. The van der Waals surface area contributed by atoms with Crippen molar-refractivity contribution in [3.05, 3.63) is 0 Å². The van der Waals surface area contributed by atoms with Crippen molar-refractivity contribution in [3.63, 3.8) is 0 Å². The maximum Gasteiger partial charge on any atom is 0.223 e. The molecule has 2 heterocycles. The third kappa shape index (κ3) is 3.42. The van der Waals surface area contributed by atoms with E-state index in [2.05, 4.69) is 4.90 Å². The van der Waals surface area contributed by atoms with Crippen molar-refractivity contribution in [3.8, 4) is 0 Å². The maximum atomic E-state index is 13.1. The summed E-state index contributed by atoms with van der Waals surface area (Å²) in [6.07, 6.45) is 13.7. The predicted octanol–water partition coefficient (Wildman–Crippen LogP) is 3.74. The van der Waals surface area contributed by atoms with E-state index in [0.717, 1.165) is 30.7 Å². The highest BCUT2D eigenvalue weighted by atomic mass is 35.5. The summed E-state index contributed by atoms with van der Waals surface area (Å²) in [4.78, 5) is 15.4. The SMILES string of the molecule is Cl.NCC1(CC(=O)N2CC3CC4CC(C3)CC2C4)CCCCC1. The number of halogens is 1. The summed E-state index contributed by atoms with van der Waals surface area (Å²) >= 11 is 0. The Labute approximate surface area is 147 Å². The molecule has 23 heavy (non-hydrogen) atoms. The second kappa shape index (κ2) is 6.92. The predicted molar refractivity (Wildman–Crippen MR) is 95.5 cm³/mol. The average molecular weight is 341 g/mol. The Kier molecular flexibility index (Phi) is 5.27. The largest absolute Gasteiger partial charge is 0.339 e. The zero-order valence-corrected chi connectivity index (χ0v) is 15.2. The molecule has 0 spiro atoms. The van der Waals surface area contributed by atoms with Gasteiger partial charge in [-0.05, 0) is 74.7 Å². The molecule has 2 aliphatic heterocycles. The number of carbonyl (C=O) groups is 1. The van der Waals surface area contributed by atoms with Crippen LogP contribution in [0.15, 0.2) is 0 Å². The van der Waals surface area contributed by atoms with Crippen LogP contribution in [0.25, 0.3) is 0 Å². The molecule has 2 N–H and O–H groups in total. The zero-order chi connectivity index (χ0) is 15.2. The Morgan fingerprint density at radius 2 is 1.57 bits per heavy atom. The average Bonchev–Trinajstić information content (AvgIpc) is 2.72. The fourth-order valence-electron chi connectivity index (χ4n) is 6.27. The number of nitrogens with zero attached hydrogens (tertiary/aromatic N) is 1. The highest BCUT2D eigenvalue weighted by Crippen LogP contribution is 2.48. The van der Waals surface area contributed by atoms with Crippen LogP contribution in [0.4, 0.5) is 0 Å². The van der Waals surface area contributed by atoms with Gasteiger partial charge in [-0.2, -0.15) is 0 Å². The van der Waals surface area contributed by atoms with E-state index in [9.17, 15) is 4.79 Å². The van der Waals surface area contributed by atoms with Crippen molar-refractivity contribution >= 4 is 18.3 Å². The minimum Gasteiger partial charge on any atom is -0.339 e. The summed E-state index contributed by atoms with van der Waals surface area (Å²) in [5.41, 5.74) is 6.24. The topological polar surface area (TPSA) is 46.3 Å². The van der Waals surface area contributed by atoms with E-state index < -0.39 is 0 Å². The summed E-state index contributed by atoms with van der Waals surface area (Å²) in [6, 6.07) is 0.558. The number of fused-ring (bicyclic) bond motifs is 1. The molecule has 3 aliphatic carbocycles. The molecule has 2 atom stereocenters. The van der Waals surface area contributed by atoms with Crippen LogP contribution < -0.4 is 5.73 Å². The monoisotopic (exact) mass is 340 g/mol. The van der Waals surface area contributed by atoms with Crippen LogP contribution in [0.2, 0.25) is 0 Å². The van der Waals surface area contributed by atoms with Crippen molar-refractivity contribution in [2.75, 3.05) is 13.1 Å². The quantitative estimate of drug-likeness (QED) is 0.850. The van der Waals surface area contributed by atoms with Crippen LogP contribution >= 0.6 is 12.4 Å². The first-order valence-electron chi connectivity index (χ1n) is 9.67. The fraction of sp³-hybridized carbons (Fsp3) is 0.947. The van der Waals surface area contributed by atoms with Crippen molar-refractivity contribution in [2.24, 2.45) is 28.9 Å². The van der Waals surface area contributed by atoms with E-state index in [1.807, 2.05) is 0 Å². The van der Waals surface area contributed by atoms with Gasteiger partial charge >= 0.3 is 0 Å². The molecule has 2 unspecified atom stereocenters. The molecular formula is C19H33ClN2O. The van der Waals surface area contributed by atoms with Gasteiger partial charge in [0.1, 0.15) is 0 Å². The second-order valence-corrected chi connectivity index (χ2v) is 8.92. The Hall–Kier alpha value is -0.280. The fourth-order valence-corrected chi connectivity index (χ4v) is 6.27. The first-order valence-corrected chi connectivity index (χ1v) is 9.67. The molecule has 2 saturated heterocycles. The number of nitrogens with two attached hydrogens (primary N) is 1. The third-order valence-corrected chi connectivity index (χ3v) is 7.30. The molecular weight excluding hydrogens is 308 g/mol. The molecule has 0 aromatic carbocycles. The smallest absolute Gasteiger partial charge is 0.223 e. The van der Waals surface area contributed by atoms with E-state index in [4.69, 9.17) is 5.73 Å². The van der Waals surface area contributed by atoms with Crippen LogP contribution in [0.1, 0.15) is 70.6 Å². The summed E-state index contributed by atoms with van der Waals surface area (Å²) in [7, 11) is 0. The molecule has 4 bridgehead atoms. The van der Waals surface area contributed by atoms with Crippen molar-refractivity contribution in [1.82, 2.24) is 4.90 Å². The van der Waals surface area contributed by atoms with E-state index in [0.29, 0.717) is 18.5 Å². The number of hydrogen-bond acceptors (Lipinski definition) is 2. The summed E-state index contributed by atoms with van der Waals surface area (Å²) in [6.45, 7) is 1.75. The molecule has 132 valence electrons. The van der Waals surface area contributed by atoms with Crippen LogP contribution in [0.3, 0.4) is 0 Å². The van der Waals surface area contributed by atoms with Crippen molar-refractivity contribution in [2.45, 2.75) is 76.7 Å². The number of carbonyl (C=O) groups excluding carboxylic acids is 1. The zero-order valence-electron chi connectivity index (χ0n) is 14.3. The molecule has 3 nitrogen and oxygen atoms in total. The lowest BCUT2D eigenvalue weighted by molar-refractivity contribution is -0.137. The third-order valence-electron chi connectivity index (χ3n) is 7.30. The molecule has 5 aliphatic rings. The van der Waals surface area contributed by atoms with E-state index >= 15 is 0 Å². The van der Waals surface area contributed by atoms with Gasteiger partial charge in [0, 0.05) is 19.0 Å². The van der Waals surface area contributed by atoms with Crippen LogP contribution in [-0.4, -0.2) is 29.9 Å². The molecule has 4 heteroatoms. The lowest BCUT2D eigenvalue weighted by atomic mass is 9.68. The highest BCUT2D eigenvalue weighted by molar-refractivity contribution is 5.85. The normalized spacial score (nSPS) is 38.0. The Balaban J connectivity index is 0.00000156. The summed E-state index contributed by atoms with van der Waals surface area (Å²) < 4.78 is 0. The van der Waals surface area contributed by atoms with Gasteiger partial charge in [-0.1, -0.05) is 19.3 Å². The van der Waals surface area contributed by atoms with E-state index in [-0.39, 0.29) is 17.8 Å². The van der Waals surface area contributed by atoms with E-state index in [1.165, 1.54) is 64.2 Å². The van der Waals surface area contributed by atoms with Gasteiger partial charge in [0.05, 0.1) is 0 Å². The standard InChI is InChI=1S/C19H32N2O.ClH/c20-13-19(4-2-1-3-5-19)11-18(22)21-12-16-7-14-6-15(8-16)10-17(21)9-14;/h14-17H,1-13,20H2;1H. The number of amides is 1. The van der Waals surface area contributed by atoms with Gasteiger partial charge < -0.3 is 10.6 Å².